The molecule has 0 bridgehead atoms. The summed E-state index contributed by atoms with van der Waals surface area (Å²) >= 11 is 0. The van der Waals surface area contributed by atoms with E-state index in [9.17, 15) is 14.4 Å². The lowest BCUT2D eigenvalue weighted by molar-refractivity contribution is -0.175. The van der Waals surface area contributed by atoms with Crippen molar-refractivity contribution in [3.05, 3.63) is 0 Å². The van der Waals surface area contributed by atoms with Crippen LogP contribution in [0.25, 0.3) is 0 Å². The third-order valence-corrected chi connectivity index (χ3v) is 2.48. The predicted molar refractivity (Wildman–Crippen MR) is 81.0 cm³/mol. The lowest BCUT2D eigenvalue weighted by Gasteiger charge is -2.26. The molecule has 0 fully saturated rings. The molecule has 6 heteroatoms. The van der Waals surface area contributed by atoms with E-state index in [4.69, 9.17) is 9.47 Å². The van der Waals surface area contributed by atoms with Gasteiger partial charge in [0.25, 0.3) is 0 Å². The first kappa shape index (κ1) is 20.4. The Morgan fingerprint density at radius 2 is 1.27 bits per heavy atom. The van der Waals surface area contributed by atoms with Gasteiger partial charge in [-0.15, -0.1) is 0 Å². The van der Waals surface area contributed by atoms with E-state index in [0.717, 1.165) is 0 Å². The second kappa shape index (κ2) is 8.15. The number of carbonyl (C=O) groups is 3. The van der Waals surface area contributed by atoms with Crippen LogP contribution in [0.1, 0.15) is 60.8 Å². The molecule has 22 heavy (non-hydrogen) atoms. The van der Waals surface area contributed by atoms with Crippen molar-refractivity contribution in [1.82, 2.24) is 0 Å². The number of methoxy groups -OCH3 is 1. The van der Waals surface area contributed by atoms with Crippen LogP contribution >= 0.6 is 0 Å². The summed E-state index contributed by atoms with van der Waals surface area (Å²) in [5, 5.41) is 0. The Hall–Kier alpha value is -1.59. The van der Waals surface area contributed by atoms with Gasteiger partial charge in [-0.05, 0) is 54.4 Å². The van der Waals surface area contributed by atoms with Gasteiger partial charge in [-0.3, -0.25) is 14.4 Å². The lowest BCUT2D eigenvalue weighted by Crippen LogP contribution is -2.37. The highest BCUT2D eigenvalue weighted by molar-refractivity contribution is 5.95. The predicted octanol–water partition coefficient (Wildman–Crippen LogP) is 2.63. The van der Waals surface area contributed by atoms with Crippen LogP contribution in [0.2, 0.25) is 0 Å². The molecule has 0 heterocycles. The molecule has 0 aliphatic carbocycles. The second-order valence-electron chi connectivity index (χ2n) is 7.09. The zero-order valence-electron chi connectivity index (χ0n) is 14.6. The van der Waals surface area contributed by atoms with Crippen LogP contribution in [0.3, 0.4) is 0 Å². The van der Waals surface area contributed by atoms with Gasteiger partial charge in [0, 0.05) is 6.42 Å². The molecule has 6 nitrogen and oxygen atoms in total. The van der Waals surface area contributed by atoms with Gasteiger partial charge >= 0.3 is 17.9 Å². The van der Waals surface area contributed by atoms with Crippen LogP contribution in [0.4, 0.5) is 0 Å². The average Bonchev–Trinajstić information content (AvgIpc) is 2.29. The zero-order chi connectivity index (χ0) is 17.6. The molecule has 0 aliphatic rings. The van der Waals surface area contributed by atoms with E-state index in [0.29, 0.717) is 6.42 Å². The first-order valence-corrected chi connectivity index (χ1v) is 7.38. The minimum Gasteiger partial charge on any atom is -0.469 e. The SMILES string of the molecule is COC(=O)CCCC(C(=O)OC(C)(C)C)C(=O)OC(C)(C)C. The third-order valence-electron chi connectivity index (χ3n) is 2.48. The zero-order valence-corrected chi connectivity index (χ0v) is 14.6. The van der Waals surface area contributed by atoms with Crippen LogP contribution in [-0.2, 0) is 28.6 Å². The van der Waals surface area contributed by atoms with Gasteiger partial charge in [-0.1, -0.05) is 0 Å². The van der Waals surface area contributed by atoms with Crippen LogP contribution in [0, 0.1) is 5.92 Å². The highest BCUT2D eigenvalue weighted by Crippen LogP contribution is 2.20. The number of rotatable bonds is 6. The van der Waals surface area contributed by atoms with Crippen molar-refractivity contribution in [2.75, 3.05) is 7.11 Å². The topological polar surface area (TPSA) is 78.9 Å². The maximum Gasteiger partial charge on any atom is 0.320 e. The summed E-state index contributed by atoms with van der Waals surface area (Å²) in [5.41, 5.74) is -1.39. The monoisotopic (exact) mass is 316 g/mol. The van der Waals surface area contributed by atoms with Crippen molar-refractivity contribution in [3.8, 4) is 0 Å². The largest absolute Gasteiger partial charge is 0.469 e. The fourth-order valence-electron chi connectivity index (χ4n) is 1.63. The van der Waals surface area contributed by atoms with Crippen LogP contribution < -0.4 is 0 Å². The molecule has 0 aromatic heterocycles. The Morgan fingerprint density at radius 3 is 1.59 bits per heavy atom. The Morgan fingerprint density at radius 1 is 0.864 bits per heavy atom. The minimum absolute atomic E-state index is 0.137. The average molecular weight is 316 g/mol. The number of hydrogen-bond donors (Lipinski definition) is 0. The normalized spacial score (nSPS) is 12.0. The molecule has 0 aromatic carbocycles. The van der Waals surface area contributed by atoms with Crippen molar-refractivity contribution >= 4 is 17.9 Å². The van der Waals surface area contributed by atoms with Gasteiger partial charge in [0.2, 0.25) is 0 Å². The molecule has 0 amide bonds. The molecule has 0 aromatic rings. The molecule has 0 saturated carbocycles. The van der Waals surface area contributed by atoms with Gasteiger partial charge in [-0.2, -0.15) is 0 Å². The molecule has 0 unspecified atom stereocenters. The summed E-state index contributed by atoms with van der Waals surface area (Å²) in [5.74, 6) is -2.69. The van der Waals surface area contributed by atoms with Crippen LogP contribution in [0.15, 0.2) is 0 Å². The minimum atomic E-state index is -1.04. The number of ether oxygens (including phenoxy) is 3. The summed E-state index contributed by atoms with van der Waals surface area (Å²) in [4.78, 5) is 35.5. The van der Waals surface area contributed by atoms with Gasteiger partial charge in [0.05, 0.1) is 7.11 Å². The molecule has 0 spiro atoms. The molecule has 128 valence electrons. The number of esters is 3. The van der Waals surface area contributed by atoms with E-state index in [1.54, 1.807) is 41.5 Å². The first-order valence-electron chi connectivity index (χ1n) is 7.38. The maximum absolute atomic E-state index is 12.2. The van der Waals surface area contributed by atoms with E-state index in [1.807, 2.05) is 0 Å². The van der Waals surface area contributed by atoms with Crippen LogP contribution in [-0.4, -0.2) is 36.2 Å². The van der Waals surface area contributed by atoms with Crippen molar-refractivity contribution in [3.63, 3.8) is 0 Å². The van der Waals surface area contributed by atoms with Crippen molar-refractivity contribution in [2.24, 2.45) is 5.92 Å². The Bertz CT molecular complexity index is 372. The molecular formula is C16H28O6. The molecule has 0 atom stereocenters. The summed E-state index contributed by atoms with van der Waals surface area (Å²) in [7, 11) is 1.29. The van der Waals surface area contributed by atoms with E-state index in [2.05, 4.69) is 4.74 Å². The molecule has 0 N–H and O–H groups in total. The number of carbonyl (C=O) groups excluding carboxylic acids is 3. The standard InChI is InChI=1S/C16H28O6/c1-15(2,3)21-13(18)11(9-8-10-12(17)20-7)14(19)22-16(4,5)6/h11H,8-10H2,1-7H3. The van der Waals surface area contributed by atoms with E-state index >= 15 is 0 Å². The van der Waals surface area contributed by atoms with Crippen LogP contribution in [0.5, 0.6) is 0 Å². The van der Waals surface area contributed by atoms with Gasteiger partial charge < -0.3 is 14.2 Å². The van der Waals surface area contributed by atoms with E-state index < -0.39 is 29.1 Å². The summed E-state index contributed by atoms with van der Waals surface area (Å²) in [6.45, 7) is 10.4. The fourth-order valence-corrected chi connectivity index (χ4v) is 1.63. The van der Waals surface area contributed by atoms with Crippen molar-refractivity contribution in [2.45, 2.75) is 72.0 Å². The highest BCUT2D eigenvalue weighted by Gasteiger charge is 2.34. The maximum atomic E-state index is 12.2. The van der Waals surface area contributed by atoms with Gasteiger partial charge in [0.15, 0.2) is 5.92 Å². The summed E-state index contributed by atoms with van der Waals surface area (Å²) in [6, 6.07) is 0. The van der Waals surface area contributed by atoms with E-state index in [1.165, 1.54) is 7.11 Å². The molecule has 0 radical (unpaired) electrons. The smallest absolute Gasteiger partial charge is 0.320 e. The Balaban J connectivity index is 4.86. The Kier molecular flexibility index (Phi) is 7.56. The number of hydrogen-bond acceptors (Lipinski definition) is 6. The summed E-state index contributed by atoms with van der Waals surface area (Å²) in [6.07, 6.45) is 0.660. The second-order valence-corrected chi connectivity index (χ2v) is 7.09. The third kappa shape index (κ3) is 9.37. The van der Waals surface area contributed by atoms with Gasteiger partial charge in [-0.25, -0.2) is 0 Å². The first-order chi connectivity index (χ1) is 9.85. The fraction of sp³-hybridized carbons (Fsp3) is 0.812. The quantitative estimate of drug-likeness (QED) is 0.426. The summed E-state index contributed by atoms with van der Waals surface area (Å²) < 4.78 is 15.1. The molecule has 0 aliphatic heterocycles. The molecule has 0 saturated heterocycles. The lowest BCUT2D eigenvalue weighted by atomic mass is 10.0. The van der Waals surface area contributed by atoms with Gasteiger partial charge in [0.1, 0.15) is 11.2 Å². The molecule has 0 rings (SSSR count). The van der Waals surface area contributed by atoms with Crippen molar-refractivity contribution < 1.29 is 28.6 Å². The Labute approximate surface area is 132 Å². The highest BCUT2D eigenvalue weighted by atomic mass is 16.6. The van der Waals surface area contributed by atoms with Crippen molar-refractivity contribution in [1.29, 1.82) is 0 Å². The molecular weight excluding hydrogens is 288 g/mol. The van der Waals surface area contributed by atoms with E-state index in [-0.39, 0.29) is 18.8 Å².